The van der Waals surface area contributed by atoms with Crippen LogP contribution in [0.3, 0.4) is 0 Å². The van der Waals surface area contributed by atoms with Crippen molar-refractivity contribution < 1.29 is 0 Å². The van der Waals surface area contributed by atoms with Crippen LogP contribution in [0.25, 0.3) is 0 Å². The molecule has 6 heteroatoms. The summed E-state index contributed by atoms with van der Waals surface area (Å²) in [6, 6.07) is 8.30. The summed E-state index contributed by atoms with van der Waals surface area (Å²) in [5, 5.41) is 7.94. The number of hydrogen-bond acceptors (Lipinski definition) is 6. The number of thiophene rings is 1. The summed E-state index contributed by atoms with van der Waals surface area (Å²) in [6.45, 7) is 6.52. The Kier molecular flexibility index (Phi) is 4.74. The average molecular weight is 356 g/mol. The van der Waals surface area contributed by atoms with E-state index in [2.05, 4.69) is 69.1 Å². The Morgan fingerprint density at radius 1 is 1.08 bits per heavy atom. The number of hydrogen-bond donors (Lipinski definition) is 1. The van der Waals surface area contributed by atoms with Gasteiger partial charge in [0.15, 0.2) is 0 Å². The molecule has 1 fully saturated rings. The van der Waals surface area contributed by atoms with Gasteiger partial charge in [0.2, 0.25) is 0 Å². The van der Waals surface area contributed by atoms with Gasteiger partial charge in [0.25, 0.3) is 0 Å². The zero-order valence-corrected chi connectivity index (χ0v) is 15.7. The second-order valence-electron chi connectivity index (χ2n) is 6.91. The van der Waals surface area contributed by atoms with Gasteiger partial charge >= 0.3 is 0 Å². The summed E-state index contributed by atoms with van der Waals surface area (Å²) in [4.78, 5) is 12.3. The van der Waals surface area contributed by atoms with Crippen molar-refractivity contribution in [1.29, 1.82) is 0 Å². The smallest absolute Gasteiger partial charge is 0.139 e. The number of nitrogens with zero attached hydrogens (tertiary/aromatic N) is 4. The van der Waals surface area contributed by atoms with Crippen molar-refractivity contribution in [3.63, 3.8) is 0 Å². The number of fused-ring (bicyclic) bond motifs is 2. The van der Waals surface area contributed by atoms with E-state index in [1.807, 2.05) is 0 Å². The summed E-state index contributed by atoms with van der Waals surface area (Å²) < 4.78 is 0. The van der Waals surface area contributed by atoms with E-state index in [0.29, 0.717) is 0 Å². The van der Waals surface area contributed by atoms with Crippen molar-refractivity contribution in [2.75, 3.05) is 58.7 Å². The van der Waals surface area contributed by atoms with Gasteiger partial charge in [0.1, 0.15) is 5.84 Å². The topological polar surface area (TPSA) is 34.1 Å². The van der Waals surface area contributed by atoms with E-state index in [0.717, 1.165) is 56.5 Å². The van der Waals surface area contributed by atoms with Crippen LogP contribution in [-0.4, -0.2) is 73.9 Å². The van der Waals surface area contributed by atoms with Crippen molar-refractivity contribution in [2.45, 2.75) is 0 Å². The van der Waals surface area contributed by atoms with Gasteiger partial charge in [-0.3, -0.25) is 4.90 Å². The molecule has 1 aromatic heterocycles. The first kappa shape index (κ1) is 16.6. The zero-order valence-electron chi connectivity index (χ0n) is 14.9. The molecule has 25 heavy (non-hydrogen) atoms. The molecule has 2 aromatic rings. The summed E-state index contributed by atoms with van der Waals surface area (Å²) in [5.74, 6) is 1.11. The fourth-order valence-corrected chi connectivity index (χ4v) is 4.09. The summed E-state index contributed by atoms with van der Waals surface area (Å²) in [6.07, 6.45) is 0. The van der Waals surface area contributed by atoms with Crippen molar-refractivity contribution in [3.05, 3.63) is 40.6 Å². The summed E-state index contributed by atoms with van der Waals surface area (Å²) >= 11 is 1.73. The number of nitrogens with one attached hydrogen (secondary N) is 1. The van der Waals surface area contributed by atoms with Crippen molar-refractivity contribution in [1.82, 2.24) is 14.7 Å². The maximum Gasteiger partial charge on any atom is 0.139 e. The number of piperazine rings is 1. The number of rotatable bonds is 3. The van der Waals surface area contributed by atoms with Crippen LogP contribution < -0.4 is 5.32 Å². The fourth-order valence-electron chi connectivity index (χ4n) is 3.33. The molecule has 2 aliphatic heterocycles. The summed E-state index contributed by atoms with van der Waals surface area (Å²) in [7, 11) is 4.28. The first-order valence-corrected chi connectivity index (χ1v) is 9.78. The number of amidine groups is 1. The Morgan fingerprint density at radius 3 is 2.68 bits per heavy atom. The van der Waals surface area contributed by atoms with Crippen molar-refractivity contribution in [2.24, 2.45) is 4.99 Å². The minimum atomic E-state index is 1.02. The predicted octanol–water partition coefficient (Wildman–Crippen LogP) is 3.06. The van der Waals surface area contributed by atoms with Crippen LogP contribution in [0.1, 0.15) is 5.56 Å². The number of benzene rings is 1. The minimum Gasteiger partial charge on any atom is -0.353 e. The van der Waals surface area contributed by atoms with Gasteiger partial charge in [-0.15, -0.1) is 11.3 Å². The second-order valence-corrected chi connectivity index (χ2v) is 7.65. The van der Waals surface area contributed by atoms with Gasteiger partial charge in [-0.25, -0.2) is 4.99 Å². The minimum absolute atomic E-state index is 1.02. The van der Waals surface area contributed by atoms with Gasteiger partial charge in [-0.05, 0) is 26.2 Å². The highest BCUT2D eigenvalue weighted by Gasteiger charge is 2.25. The molecule has 0 spiro atoms. The lowest BCUT2D eigenvalue weighted by Crippen LogP contribution is -2.50. The van der Waals surface area contributed by atoms with Gasteiger partial charge < -0.3 is 15.1 Å². The van der Waals surface area contributed by atoms with Crippen LogP contribution >= 0.6 is 11.3 Å². The highest BCUT2D eigenvalue weighted by Crippen LogP contribution is 2.36. The zero-order chi connectivity index (χ0) is 17.2. The molecule has 0 radical (unpaired) electrons. The molecule has 1 N–H and O–H groups in total. The quantitative estimate of drug-likeness (QED) is 0.918. The molecule has 0 atom stereocenters. The van der Waals surface area contributed by atoms with Crippen molar-refractivity contribution >= 4 is 34.2 Å². The molecule has 0 unspecified atom stereocenters. The molecule has 5 nitrogen and oxygen atoms in total. The lowest BCUT2D eigenvalue weighted by Gasteiger charge is -2.36. The molecule has 0 aliphatic carbocycles. The molecule has 3 heterocycles. The molecule has 2 aliphatic rings. The fraction of sp³-hybridized carbons (Fsp3) is 0.421. The van der Waals surface area contributed by atoms with Gasteiger partial charge in [0.05, 0.1) is 22.6 Å². The Bertz CT molecular complexity index is 759. The normalized spacial score (nSPS) is 17.6. The van der Waals surface area contributed by atoms with Crippen LogP contribution in [0.5, 0.6) is 0 Å². The summed E-state index contributed by atoms with van der Waals surface area (Å²) in [5.41, 5.74) is 4.50. The molecule has 4 rings (SSSR count). The predicted molar refractivity (Wildman–Crippen MR) is 107 cm³/mol. The van der Waals surface area contributed by atoms with Crippen LogP contribution in [-0.2, 0) is 0 Å². The molecule has 132 valence electrons. The first-order chi connectivity index (χ1) is 12.2. The number of aliphatic imine (C=N–C) groups is 1. The SMILES string of the molecule is CN(C)CCN1CCN(C2=Nc3ccccc3Nc3cscc32)CC1. The van der Waals surface area contributed by atoms with Crippen LogP contribution in [0.4, 0.5) is 17.1 Å². The second kappa shape index (κ2) is 7.15. The molecule has 0 amide bonds. The van der Waals surface area contributed by atoms with Crippen LogP contribution in [0.2, 0.25) is 0 Å². The number of likely N-dealkylation sites (N-methyl/N-ethyl adjacent to an activating group) is 1. The maximum atomic E-state index is 5.04. The van der Waals surface area contributed by atoms with E-state index in [1.54, 1.807) is 11.3 Å². The largest absolute Gasteiger partial charge is 0.353 e. The molecular formula is C19H25N5S. The Morgan fingerprint density at radius 2 is 1.88 bits per heavy atom. The lowest BCUT2D eigenvalue weighted by molar-refractivity contribution is 0.169. The van der Waals surface area contributed by atoms with E-state index >= 15 is 0 Å². The average Bonchev–Trinajstić information content (AvgIpc) is 3.01. The monoisotopic (exact) mass is 355 g/mol. The third kappa shape index (κ3) is 3.56. The molecule has 1 saturated heterocycles. The molecule has 1 aromatic carbocycles. The third-order valence-corrected chi connectivity index (χ3v) is 5.58. The number of anilines is 2. The third-order valence-electron chi connectivity index (χ3n) is 4.84. The lowest BCUT2D eigenvalue weighted by atomic mass is 10.2. The first-order valence-electron chi connectivity index (χ1n) is 8.84. The van der Waals surface area contributed by atoms with E-state index in [1.165, 1.54) is 11.3 Å². The highest BCUT2D eigenvalue weighted by atomic mass is 32.1. The highest BCUT2D eigenvalue weighted by molar-refractivity contribution is 7.08. The Labute approximate surface area is 153 Å². The maximum absolute atomic E-state index is 5.04. The molecule has 0 saturated carbocycles. The standard InChI is InChI=1S/C19H25N5S/c1-22(2)7-8-23-9-11-24(12-10-23)19-15-13-25-14-18(15)20-16-5-3-4-6-17(16)21-19/h3-6,13-14,20H,7-12H2,1-2H3. The van der Waals surface area contributed by atoms with E-state index in [-0.39, 0.29) is 0 Å². The van der Waals surface area contributed by atoms with Gasteiger partial charge in [0, 0.05) is 50.0 Å². The number of para-hydroxylation sites is 2. The van der Waals surface area contributed by atoms with Crippen LogP contribution in [0, 0.1) is 0 Å². The van der Waals surface area contributed by atoms with E-state index in [9.17, 15) is 0 Å². The van der Waals surface area contributed by atoms with Gasteiger partial charge in [-0.2, -0.15) is 0 Å². The molecule has 0 bridgehead atoms. The van der Waals surface area contributed by atoms with E-state index in [4.69, 9.17) is 4.99 Å². The Balaban J connectivity index is 1.55. The Hall–Kier alpha value is -1.89. The van der Waals surface area contributed by atoms with E-state index < -0.39 is 0 Å². The van der Waals surface area contributed by atoms with Gasteiger partial charge in [-0.1, -0.05) is 12.1 Å². The van der Waals surface area contributed by atoms with Crippen LogP contribution in [0.15, 0.2) is 40.0 Å². The molecular weight excluding hydrogens is 330 g/mol. The van der Waals surface area contributed by atoms with Crippen molar-refractivity contribution in [3.8, 4) is 0 Å².